The molecule has 0 aromatic carbocycles. The van der Waals surface area contributed by atoms with Crippen LogP contribution in [0.4, 0.5) is 0 Å². The van der Waals surface area contributed by atoms with E-state index >= 15 is 0 Å². The molecular weight excluding hydrogens is 188 g/mol. The molecule has 3 nitrogen and oxygen atoms in total. The zero-order chi connectivity index (χ0) is 9.68. The van der Waals surface area contributed by atoms with Crippen molar-refractivity contribution in [2.24, 2.45) is 0 Å². The lowest BCUT2D eigenvalue weighted by Crippen LogP contribution is -2.34. The molecule has 1 fully saturated rings. The van der Waals surface area contributed by atoms with Crippen molar-refractivity contribution in [1.29, 1.82) is 0 Å². The summed E-state index contributed by atoms with van der Waals surface area (Å²) in [6.45, 7) is 6.35. The number of halogens is 1. The Morgan fingerprint density at radius 2 is 2.08 bits per heavy atom. The molecule has 0 saturated carbocycles. The second-order valence-corrected chi connectivity index (χ2v) is 3.77. The third kappa shape index (κ3) is 3.53. The second kappa shape index (κ2) is 5.45. The lowest BCUT2D eigenvalue weighted by atomic mass is 10.4. The molecule has 4 heteroatoms. The first-order valence-corrected chi connectivity index (χ1v) is 5.31. The number of hydrogen-bond donors (Lipinski definition) is 0. The summed E-state index contributed by atoms with van der Waals surface area (Å²) >= 11 is 5.66. The Kier molecular flexibility index (Phi) is 4.53. The molecule has 0 spiro atoms. The van der Waals surface area contributed by atoms with Crippen LogP contribution in [0, 0.1) is 0 Å². The lowest BCUT2D eigenvalue weighted by molar-refractivity contribution is -0.128. The van der Waals surface area contributed by atoms with Crippen LogP contribution in [0.5, 0.6) is 0 Å². The standard InChI is InChI=1S/C9H17ClN2O/c1-9(13)12-5-2-4-11(6-3-10)7-8-12/h2-8H2,1H3. The maximum Gasteiger partial charge on any atom is 0.219 e. The molecule has 0 atom stereocenters. The van der Waals surface area contributed by atoms with Crippen molar-refractivity contribution in [3.8, 4) is 0 Å². The van der Waals surface area contributed by atoms with E-state index in [1.54, 1.807) is 6.92 Å². The first-order valence-electron chi connectivity index (χ1n) is 4.78. The van der Waals surface area contributed by atoms with Crippen LogP contribution in [0.2, 0.25) is 0 Å². The molecule has 1 aliphatic heterocycles. The SMILES string of the molecule is CC(=O)N1CCCN(CCCl)CC1. The van der Waals surface area contributed by atoms with E-state index in [4.69, 9.17) is 11.6 Å². The van der Waals surface area contributed by atoms with Gasteiger partial charge in [0.2, 0.25) is 5.91 Å². The topological polar surface area (TPSA) is 23.6 Å². The van der Waals surface area contributed by atoms with Crippen LogP contribution in [0.3, 0.4) is 0 Å². The maximum absolute atomic E-state index is 11.1. The first kappa shape index (κ1) is 10.8. The van der Waals surface area contributed by atoms with E-state index in [-0.39, 0.29) is 5.91 Å². The van der Waals surface area contributed by atoms with Gasteiger partial charge in [-0.3, -0.25) is 4.79 Å². The zero-order valence-electron chi connectivity index (χ0n) is 8.13. The van der Waals surface area contributed by atoms with Gasteiger partial charge in [-0.1, -0.05) is 0 Å². The number of rotatable bonds is 2. The molecule has 1 rings (SSSR count). The highest BCUT2D eigenvalue weighted by Crippen LogP contribution is 2.03. The van der Waals surface area contributed by atoms with E-state index in [2.05, 4.69) is 4.90 Å². The summed E-state index contributed by atoms with van der Waals surface area (Å²) in [5.74, 6) is 0.868. The Balaban J connectivity index is 2.35. The maximum atomic E-state index is 11.1. The Bertz CT molecular complexity index is 175. The van der Waals surface area contributed by atoms with E-state index < -0.39 is 0 Å². The number of alkyl halides is 1. The minimum atomic E-state index is 0.188. The molecule has 0 aromatic rings. The van der Waals surface area contributed by atoms with Crippen molar-refractivity contribution in [1.82, 2.24) is 9.80 Å². The summed E-state index contributed by atoms with van der Waals surface area (Å²) in [4.78, 5) is 15.3. The Hall–Kier alpha value is -0.280. The van der Waals surface area contributed by atoms with Gasteiger partial charge in [-0.15, -0.1) is 11.6 Å². The summed E-state index contributed by atoms with van der Waals surface area (Å²) in [5, 5.41) is 0. The van der Waals surface area contributed by atoms with E-state index in [0.717, 1.165) is 39.1 Å². The van der Waals surface area contributed by atoms with Gasteiger partial charge in [-0.05, 0) is 13.0 Å². The highest BCUT2D eigenvalue weighted by molar-refractivity contribution is 6.18. The molecule has 1 amide bonds. The molecule has 0 aromatic heterocycles. The first-order chi connectivity index (χ1) is 6.24. The van der Waals surface area contributed by atoms with Gasteiger partial charge in [0.05, 0.1) is 0 Å². The van der Waals surface area contributed by atoms with E-state index in [9.17, 15) is 4.79 Å². The van der Waals surface area contributed by atoms with Crippen molar-refractivity contribution in [2.45, 2.75) is 13.3 Å². The fourth-order valence-corrected chi connectivity index (χ4v) is 1.87. The largest absolute Gasteiger partial charge is 0.342 e. The third-order valence-electron chi connectivity index (χ3n) is 2.43. The molecule has 1 heterocycles. The summed E-state index contributed by atoms with van der Waals surface area (Å²) < 4.78 is 0. The Morgan fingerprint density at radius 3 is 2.69 bits per heavy atom. The van der Waals surface area contributed by atoms with Gasteiger partial charge in [-0.2, -0.15) is 0 Å². The molecule has 0 bridgehead atoms. The molecular formula is C9H17ClN2O. The summed E-state index contributed by atoms with van der Waals surface area (Å²) in [6.07, 6.45) is 1.07. The smallest absolute Gasteiger partial charge is 0.219 e. The summed E-state index contributed by atoms with van der Waals surface area (Å²) in [7, 11) is 0. The van der Waals surface area contributed by atoms with E-state index in [1.165, 1.54) is 0 Å². The van der Waals surface area contributed by atoms with Crippen LogP contribution >= 0.6 is 11.6 Å². The van der Waals surface area contributed by atoms with Gasteiger partial charge in [0.15, 0.2) is 0 Å². The molecule has 0 aliphatic carbocycles. The van der Waals surface area contributed by atoms with Crippen LogP contribution in [0.25, 0.3) is 0 Å². The van der Waals surface area contributed by atoms with Crippen molar-refractivity contribution in [2.75, 3.05) is 38.6 Å². The van der Waals surface area contributed by atoms with Crippen LogP contribution in [0.1, 0.15) is 13.3 Å². The normalized spacial score (nSPS) is 20.0. The fraction of sp³-hybridized carbons (Fsp3) is 0.889. The van der Waals surface area contributed by atoms with Crippen molar-refractivity contribution in [3.63, 3.8) is 0 Å². The zero-order valence-corrected chi connectivity index (χ0v) is 8.89. The van der Waals surface area contributed by atoms with Crippen LogP contribution < -0.4 is 0 Å². The summed E-state index contributed by atoms with van der Waals surface area (Å²) in [6, 6.07) is 0. The molecule has 0 unspecified atom stereocenters. The van der Waals surface area contributed by atoms with Gasteiger partial charge < -0.3 is 9.80 Å². The average molecular weight is 205 g/mol. The molecule has 1 saturated heterocycles. The monoisotopic (exact) mass is 204 g/mol. The minimum absolute atomic E-state index is 0.188. The summed E-state index contributed by atoms with van der Waals surface area (Å²) in [5.41, 5.74) is 0. The predicted octanol–water partition coefficient (Wildman–Crippen LogP) is 0.779. The third-order valence-corrected chi connectivity index (χ3v) is 2.60. The number of carbonyl (C=O) groups is 1. The number of amides is 1. The molecule has 0 radical (unpaired) electrons. The van der Waals surface area contributed by atoms with Gasteiger partial charge in [0.25, 0.3) is 0 Å². The number of nitrogens with zero attached hydrogens (tertiary/aromatic N) is 2. The van der Waals surface area contributed by atoms with Crippen LogP contribution in [-0.2, 0) is 4.79 Å². The second-order valence-electron chi connectivity index (χ2n) is 3.39. The fourth-order valence-electron chi connectivity index (χ4n) is 1.63. The Labute approximate surface area is 84.6 Å². The average Bonchev–Trinajstić information content (AvgIpc) is 2.30. The van der Waals surface area contributed by atoms with Gasteiger partial charge >= 0.3 is 0 Å². The van der Waals surface area contributed by atoms with E-state index in [1.807, 2.05) is 4.90 Å². The van der Waals surface area contributed by atoms with E-state index in [0.29, 0.717) is 5.88 Å². The highest BCUT2D eigenvalue weighted by Gasteiger charge is 2.15. The molecule has 13 heavy (non-hydrogen) atoms. The number of hydrogen-bond acceptors (Lipinski definition) is 2. The van der Waals surface area contributed by atoms with Crippen molar-refractivity contribution in [3.05, 3.63) is 0 Å². The Morgan fingerprint density at radius 1 is 1.31 bits per heavy atom. The van der Waals surface area contributed by atoms with Gasteiger partial charge in [0, 0.05) is 39.0 Å². The minimum Gasteiger partial charge on any atom is -0.342 e. The lowest BCUT2D eigenvalue weighted by Gasteiger charge is -2.19. The predicted molar refractivity (Wildman–Crippen MR) is 54.0 cm³/mol. The number of carbonyl (C=O) groups excluding carboxylic acids is 1. The van der Waals surface area contributed by atoms with Crippen molar-refractivity contribution >= 4 is 17.5 Å². The quantitative estimate of drug-likeness (QED) is 0.621. The van der Waals surface area contributed by atoms with Crippen LogP contribution in [-0.4, -0.2) is 54.3 Å². The molecule has 0 N–H and O–H groups in total. The van der Waals surface area contributed by atoms with Crippen LogP contribution in [0.15, 0.2) is 0 Å². The van der Waals surface area contributed by atoms with Gasteiger partial charge in [-0.25, -0.2) is 0 Å². The van der Waals surface area contributed by atoms with Gasteiger partial charge in [0.1, 0.15) is 0 Å². The van der Waals surface area contributed by atoms with Crippen molar-refractivity contribution < 1.29 is 4.79 Å². The molecule has 1 aliphatic rings. The molecule has 76 valence electrons. The highest BCUT2D eigenvalue weighted by atomic mass is 35.5.